The van der Waals surface area contributed by atoms with Crippen molar-refractivity contribution in [2.45, 2.75) is 78.3 Å². The maximum absolute atomic E-state index is 5.71. The molecule has 0 aromatic rings. The van der Waals surface area contributed by atoms with Gasteiger partial charge >= 0.3 is 0 Å². The smallest absolute Gasteiger partial charge is 0.0622 e. The first-order valence-corrected chi connectivity index (χ1v) is 9.36. The minimum atomic E-state index is 0.507. The van der Waals surface area contributed by atoms with E-state index in [0.717, 1.165) is 31.0 Å². The summed E-state index contributed by atoms with van der Waals surface area (Å²) in [6, 6.07) is 1.16. The van der Waals surface area contributed by atoms with Crippen LogP contribution in [0.5, 0.6) is 0 Å². The van der Waals surface area contributed by atoms with Crippen LogP contribution in [0.2, 0.25) is 0 Å². The van der Waals surface area contributed by atoms with Gasteiger partial charge in [0.1, 0.15) is 0 Å². The van der Waals surface area contributed by atoms with Crippen LogP contribution in [0.25, 0.3) is 0 Å². The topological polar surface area (TPSA) is 21.3 Å². The average molecular weight is 293 g/mol. The summed E-state index contributed by atoms with van der Waals surface area (Å²) < 4.78 is 5.71. The van der Waals surface area contributed by atoms with Gasteiger partial charge in [0.25, 0.3) is 0 Å². The molecule has 0 spiro atoms. The SMILES string of the molecule is CCOCC(NC(C)C12CC3CC(CC(C3)C1)C2)C(C)C. The number of hydrogen-bond donors (Lipinski definition) is 1. The van der Waals surface area contributed by atoms with E-state index < -0.39 is 0 Å². The van der Waals surface area contributed by atoms with Gasteiger partial charge in [0.15, 0.2) is 0 Å². The van der Waals surface area contributed by atoms with E-state index in [9.17, 15) is 0 Å². The summed E-state index contributed by atoms with van der Waals surface area (Å²) in [5, 5.41) is 3.98. The van der Waals surface area contributed by atoms with Gasteiger partial charge in [-0.1, -0.05) is 13.8 Å². The lowest BCUT2D eigenvalue weighted by atomic mass is 9.48. The van der Waals surface area contributed by atoms with Crippen LogP contribution in [-0.2, 0) is 4.74 Å². The highest BCUT2D eigenvalue weighted by Crippen LogP contribution is 2.61. The molecule has 4 aliphatic carbocycles. The van der Waals surface area contributed by atoms with Crippen molar-refractivity contribution in [3.05, 3.63) is 0 Å². The fraction of sp³-hybridized carbons (Fsp3) is 1.00. The summed E-state index contributed by atoms with van der Waals surface area (Å²) in [6.07, 6.45) is 9.10. The molecule has 4 fully saturated rings. The molecular weight excluding hydrogens is 258 g/mol. The van der Waals surface area contributed by atoms with Crippen molar-refractivity contribution in [1.29, 1.82) is 0 Å². The van der Waals surface area contributed by atoms with Crippen molar-refractivity contribution >= 4 is 0 Å². The zero-order valence-electron chi connectivity index (χ0n) is 14.5. The fourth-order valence-electron chi connectivity index (χ4n) is 5.88. The largest absolute Gasteiger partial charge is 0.380 e. The third-order valence-electron chi connectivity index (χ3n) is 6.77. The Balaban J connectivity index is 1.65. The van der Waals surface area contributed by atoms with E-state index in [1.807, 2.05) is 0 Å². The predicted molar refractivity (Wildman–Crippen MR) is 88.3 cm³/mol. The van der Waals surface area contributed by atoms with E-state index in [0.29, 0.717) is 23.4 Å². The molecule has 2 unspecified atom stereocenters. The number of hydrogen-bond acceptors (Lipinski definition) is 2. The Labute approximate surface area is 131 Å². The van der Waals surface area contributed by atoms with Crippen LogP contribution >= 0.6 is 0 Å². The molecule has 122 valence electrons. The first-order chi connectivity index (χ1) is 10.0. The number of nitrogens with one attached hydrogen (secondary N) is 1. The van der Waals surface area contributed by atoms with Crippen LogP contribution in [0, 0.1) is 29.1 Å². The molecule has 1 N–H and O–H groups in total. The van der Waals surface area contributed by atoms with E-state index in [2.05, 4.69) is 33.0 Å². The first-order valence-electron chi connectivity index (χ1n) is 9.36. The minimum absolute atomic E-state index is 0.507. The van der Waals surface area contributed by atoms with Crippen molar-refractivity contribution in [3.63, 3.8) is 0 Å². The molecule has 21 heavy (non-hydrogen) atoms. The molecule has 4 saturated carbocycles. The van der Waals surface area contributed by atoms with Crippen LogP contribution in [0.15, 0.2) is 0 Å². The van der Waals surface area contributed by atoms with Gasteiger partial charge in [-0.25, -0.2) is 0 Å². The zero-order valence-corrected chi connectivity index (χ0v) is 14.5. The normalized spacial score (nSPS) is 40.7. The summed E-state index contributed by atoms with van der Waals surface area (Å²) in [5.41, 5.74) is 0.605. The molecule has 2 atom stereocenters. The first kappa shape index (κ1) is 15.8. The molecule has 0 saturated heterocycles. The third-order valence-corrected chi connectivity index (χ3v) is 6.77. The standard InChI is InChI=1S/C19H35NO/c1-5-21-12-18(13(2)3)20-14(4)19-9-15-6-16(10-19)8-17(7-15)11-19/h13-18,20H,5-12H2,1-4H3. The molecular formula is C19H35NO. The van der Waals surface area contributed by atoms with Gasteiger partial charge in [-0.05, 0) is 81.5 Å². The molecule has 4 bridgehead atoms. The Morgan fingerprint density at radius 1 is 1.00 bits per heavy atom. The van der Waals surface area contributed by atoms with E-state index in [4.69, 9.17) is 4.74 Å². The molecule has 4 rings (SSSR count). The number of ether oxygens (including phenoxy) is 1. The maximum Gasteiger partial charge on any atom is 0.0622 e. The Bertz CT molecular complexity index is 316. The molecule has 2 nitrogen and oxygen atoms in total. The minimum Gasteiger partial charge on any atom is -0.380 e. The van der Waals surface area contributed by atoms with Crippen LogP contribution in [0.4, 0.5) is 0 Å². The lowest BCUT2D eigenvalue weighted by Crippen LogP contribution is -2.57. The van der Waals surface area contributed by atoms with Crippen LogP contribution in [-0.4, -0.2) is 25.3 Å². The van der Waals surface area contributed by atoms with Crippen molar-refractivity contribution in [2.24, 2.45) is 29.1 Å². The molecule has 2 heteroatoms. The summed E-state index contributed by atoms with van der Waals surface area (Å²) in [4.78, 5) is 0. The Hall–Kier alpha value is -0.0800. The van der Waals surface area contributed by atoms with Gasteiger partial charge in [-0.2, -0.15) is 0 Å². The van der Waals surface area contributed by atoms with Crippen molar-refractivity contribution in [1.82, 2.24) is 5.32 Å². The van der Waals surface area contributed by atoms with Gasteiger partial charge in [0, 0.05) is 18.7 Å². The lowest BCUT2D eigenvalue weighted by Gasteiger charge is -2.59. The van der Waals surface area contributed by atoms with Crippen molar-refractivity contribution in [2.75, 3.05) is 13.2 Å². The number of rotatable bonds is 7. The Morgan fingerprint density at radius 3 is 1.95 bits per heavy atom. The highest BCUT2D eigenvalue weighted by molar-refractivity contribution is 5.05. The third kappa shape index (κ3) is 3.17. The van der Waals surface area contributed by atoms with Gasteiger partial charge in [0.2, 0.25) is 0 Å². The van der Waals surface area contributed by atoms with Crippen LogP contribution in [0.3, 0.4) is 0 Å². The lowest BCUT2D eigenvalue weighted by molar-refractivity contribution is -0.0746. The maximum atomic E-state index is 5.71. The molecule has 0 radical (unpaired) electrons. The predicted octanol–water partition coefficient (Wildman–Crippen LogP) is 4.24. The van der Waals surface area contributed by atoms with Crippen LogP contribution in [0.1, 0.15) is 66.2 Å². The fourth-order valence-corrected chi connectivity index (χ4v) is 5.88. The Morgan fingerprint density at radius 2 is 1.52 bits per heavy atom. The van der Waals surface area contributed by atoms with Gasteiger partial charge in [-0.15, -0.1) is 0 Å². The average Bonchev–Trinajstić information content (AvgIpc) is 2.41. The van der Waals surface area contributed by atoms with Gasteiger partial charge < -0.3 is 10.1 Å². The summed E-state index contributed by atoms with van der Waals surface area (Å²) in [5.74, 6) is 3.78. The quantitative estimate of drug-likeness (QED) is 0.758. The molecule has 0 aromatic carbocycles. The van der Waals surface area contributed by atoms with Crippen molar-refractivity contribution in [3.8, 4) is 0 Å². The van der Waals surface area contributed by atoms with Gasteiger partial charge in [-0.3, -0.25) is 0 Å². The van der Waals surface area contributed by atoms with E-state index in [1.54, 1.807) is 0 Å². The van der Waals surface area contributed by atoms with E-state index >= 15 is 0 Å². The van der Waals surface area contributed by atoms with Crippen molar-refractivity contribution < 1.29 is 4.74 Å². The molecule has 0 aromatic heterocycles. The van der Waals surface area contributed by atoms with Gasteiger partial charge in [0.05, 0.1) is 6.61 Å². The molecule has 0 heterocycles. The molecule has 4 aliphatic rings. The highest BCUT2D eigenvalue weighted by atomic mass is 16.5. The molecule has 0 aliphatic heterocycles. The van der Waals surface area contributed by atoms with Crippen LogP contribution < -0.4 is 5.32 Å². The summed E-state index contributed by atoms with van der Waals surface area (Å²) >= 11 is 0. The highest BCUT2D eigenvalue weighted by Gasteiger charge is 2.53. The molecule has 0 amide bonds. The zero-order chi connectivity index (χ0) is 15.0. The second-order valence-electron chi connectivity index (χ2n) is 8.68. The van der Waals surface area contributed by atoms with E-state index in [1.165, 1.54) is 38.5 Å². The monoisotopic (exact) mass is 293 g/mol. The second kappa shape index (κ2) is 6.20. The second-order valence-corrected chi connectivity index (χ2v) is 8.68. The summed E-state index contributed by atoms with van der Waals surface area (Å²) in [7, 11) is 0. The Kier molecular flexibility index (Phi) is 4.66. The van der Waals surface area contributed by atoms with E-state index in [-0.39, 0.29) is 0 Å². The summed E-state index contributed by atoms with van der Waals surface area (Å²) in [6.45, 7) is 10.9.